The molecule has 1 heterocycles. The minimum absolute atomic E-state index is 0.0526. The number of aromatic nitrogens is 2. The van der Waals surface area contributed by atoms with Crippen molar-refractivity contribution in [1.29, 1.82) is 0 Å². The summed E-state index contributed by atoms with van der Waals surface area (Å²) in [4.78, 5) is 60.4. The summed E-state index contributed by atoms with van der Waals surface area (Å²) in [5.74, 6) is -1.97. The van der Waals surface area contributed by atoms with Crippen molar-refractivity contribution >= 4 is 23.7 Å². The number of allylic oxidation sites excluding steroid dienone is 2. The summed E-state index contributed by atoms with van der Waals surface area (Å²) in [5.41, 5.74) is -1.17. The van der Waals surface area contributed by atoms with Crippen LogP contribution in [0.2, 0.25) is 0 Å². The predicted octanol–water partition coefficient (Wildman–Crippen LogP) is 6.85. The minimum Gasteiger partial charge on any atom is -0.476 e. The third-order valence-electron chi connectivity index (χ3n) is 14.5. The fourth-order valence-electron chi connectivity index (χ4n) is 11.6. The van der Waals surface area contributed by atoms with Crippen molar-refractivity contribution in [3.8, 4) is 0 Å². The second-order valence-electron chi connectivity index (χ2n) is 17.1. The van der Waals surface area contributed by atoms with E-state index in [1.807, 2.05) is 13.0 Å². The van der Waals surface area contributed by atoms with Crippen LogP contribution in [0.5, 0.6) is 0 Å². The molecule has 9 heteroatoms. The number of nitrogens with zero attached hydrogens (tertiary/aromatic N) is 2. The van der Waals surface area contributed by atoms with E-state index >= 15 is 0 Å². The van der Waals surface area contributed by atoms with Gasteiger partial charge >= 0.3 is 17.9 Å². The molecule has 1 N–H and O–H groups in total. The van der Waals surface area contributed by atoms with Gasteiger partial charge in [0.25, 0.3) is 0 Å². The molecule has 0 spiro atoms. The van der Waals surface area contributed by atoms with Crippen LogP contribution in [0, 0.1) is 50.2 Å². The molecule has 0 amide bonds. The summed E-state index contributed by atoms with van der Waals surface area (Å²) < 4.78 is 11.3. The number of rotatable bonds is 4. The van der Waals surface area contributed by atoms with Crippen molar-refractivity contribution in [3.63, 3.8) is 0 Å². The number of aromatic carboxylic acids is 1. The van der Waals surface area contributed by atoms with Crippen LogP contribution in [-0.2, 0) is 19.1 Å². The zero-order chi connectivity index (χ0) is 33.7. The number of ether oxygens (including phenoxy) is 2. The molecule has 0 saturated heterocycles. The highest BCUT2D eigenvalue weighted by atomic mass is 16.5. The van der Waals surface area contributed by atoms with Gasteiger partial charge in [0.2, 0.25) is 0 Å². The number of esters is 2. The molecule has 250 valence electrons. The lowest BCUT2D eigenvalue weighted by Gasteiger charge is -2.70. The van der Waals surface area contributed by atoms with E-state index in [2.05, 4.69) is 51.5 Å². The summed E-state index contributed by atoms with van der Waals surface area (Å²) >= 11 is 0. The Morgan fingerprint density at radius 1 is 0.870 bits per heavy atom. The third-order valence-corrected chi connectivity index (χ3v) is 14.5. The molecule has 0 aliphatic heterocycles. The molecular formula is C37H50N2O7. The number of fused-ring (bicyclic) bond motifs is 7. The van der Waals surface area contributed by atoms with E-state index in [9.17, 15) is 24.3 Å². The number of carboxylic acids is 1. The Kier molecular flexibility index (Phi) is 7.46. The number of carbonyl (C=O) groups is 4. The maximum atomic E-state index is 14.7. The number of ketones is 1. The van der Waals surface area contributed by atoms with E-state index in [1.54, 1.807) is 0 Å². The van der Waals surface area contributed by atoms with Crippen molar-refractivity contribution in [3.05, 3.63) is 35.4 Å². The average Bonchev–Trinajstić information content (AvgIpc) is 2.99. The maximum absolute atomic E-state index is 14.7. The Labute approximate surface area is 272 Å². The maximum Gasteiger partial charge on any atom is 0.359 e. The van der Waals surface area contributed by atoms with Gasteiger partial charge in [-0.15, -0.1) is 0 Å². The molecule has 3 unspecified atom stereocenters. The molecule has 4 fully saturated rings. The Morgan fingerprint density at radius 2 is 1.52 bits per heavy atom. The average molecular weight is 635 g/mol. The number of hydrogen-bond acceptors (Lipinski definition) is 8. The lowest BCUT2D eigenvalue weighted by Crippen LogP contribution is -2.66. The van der Waals surface area contributed by atoms with Crippen molar-refractivity contribution in [1.82, 2.24) is 9.97 Å². The van der Waals surface area contributed by atoms with Gasteiger partial charge in [0.05, 0.1) is 12.5 Å². The van der Waals surface area contributed by atoms with E-state index in [4.69, 9.17) is 9.47 Å². The number of carboxylic acid groups (broad SMARTS) is 1. The van der Waals surface area contributed by atoms with Gasteiger partial charge in [-0.05, 0) is 104 Å². The van der Waals surface area contributed by atoms with Crippen LogP contribution < -0.4 is 0 Å². The molecule has 5 aliphatic rings. The van der Waals surface area contributed by atoms with Gasteiger partial charge in [0, 0.05) is 23.7 Å². The molecule has 1 aromatic heterocycles. The van der Waals surface area contributed by atoms with Gasteiger partial charge < -0.3 is 14.6 Å². The van der Waals surface area contributed by atoms with E-state index in [1.165, 1.54) is 25.1 Å². The lowest BCUT2D eigenvalue weighted by atomic mass is 9.33. The first-order valence-corrected chi connectivity index (χ1v) is 17.0. The van der Waals surface area contributed by atoms with E-state index < -0.39 is 34.6 Å². The van der Waals surface area contributed by atoms with Crippen LogP contribution in [0.25, 0.3) is 0 Å². The SMILES string of the molecule is COC(=O)[C@@]1(C)CC[C@]2(C)CCC3(C)C(=CC(=O)C4[C@@]5(C)CC[C@H](OC(=O)c6nccnc6C(=O)O)C(C)(C)C5CC[C@]43C)[C@@H]2C1. The highest BCUT2D eigenvalue weighted by Crippen LogP contribution is 2.75. The fourth-order valence-corrected chi connectivity index (χ4v) is 11.6. The second-order valence-corrected chi connectivity index (χ2v) is 17.1. The van der Waals surface area contributed by atoms with Gasteiger partial charge in [-0.1, -0.05) is 47.1 Å². The molecule has 0 aromatic carbocycles. The summed E-state index contributed by atoms with van der Waals surface area (Å²) in [6.07, 6.45) is 11.7. The Morgan fingerprint density at radius 3 is 2.17 bits per heavy atom. The molecule has 5 aliphatic carbocycles. The monoisotopic (exact) mass is 634 g/mol. The first-order chi connectivity index (χ1) is 21.4. The highest BCUT2D eigenvalue weighted by molar-refractivity contribution is 5.99. The normalized spacial score (nSPS) is 42.7. The quantitative estimate of drug-likeness (QED) is 0.353. The summed E-state index contributed by atoms with van der Waals surface area (Å²) in [6.45, 7) is 15.7. The topological polar surface area (TPSA) is 133 Å². The molecule has 9 atom stereocenters. The van der Waals surface area contributed by atoms with Gasteiger partial charge in [-0.2, -0.15) is 0 Å². The van der Waals surface area contributed by atoms with Gasteiger partial charge in [-0.3, -0.25) is 9.59 Å². The first-order valence-electron chi connectivity index (χ1n) is 17.0. The molecule has 0 radical (unpaired) electrons. The fraction of sp³-hybridized carbons (Fsp3) is 0.730. The van der Waals surface area contributed by atoms with Crippen LogP contribution in [-0.4, -0.2) is 52.0 Å². The van der Waals surface area contributed by atoms with Crippen LogP contribution in [0.3, 0.4) is 0 Å². The lowest BCUT2D eigenvalue weighted by molar-refractivity contribution is -0.202. The van der Waals surface area contributed by atoms with Crippen molar-refractivity contribution in [2.24, 2.45) is 50.2 Å². The summed E-state index contributed by atoms with van der Waals surface area (Å²) in [5, 5.41) is 9.55. The molecule has 1 aromatic rings. The van der Waals surface area contributed by atoms with Gasteiger partial charge in [-0.25, -0.2) is 19.6 Å². The Balaban J connectivity index is 1.33. The molecule has 6 rings (SSSR count). The highest BCUT2D eigenvalue weighted by Gasteiger charge is 2.70. The standard InChI is InChI=1S/C37H50N2O7/c1-32(2)24-9-12-37(7)28(35(24,5)11-10-25(32)46-30(43)27-26(29(41)42)38-17-18-39-27)23(40)19-21-22-20-34(4,31(44)45-8)14-13-33(22,3)15-16-36(21,37)6/h17-19,22,24-25,28H,9-16,20H2,1-8H3,(H,41,42)/t22-,24?,25-,28?,33+,34-,35-,36?,37+/m0/s1. The predicted molar refractivity (Wildman–Crippen MR) is 170 cm³/mol. The largest absolute Gasteiger partial charge is 0.476 e. The first kappa shape index (κ1) is 32.8. The molecule has 4 saturated carbocycles. The van der Waals surface area contributed by atoms with Crippen LogP contribution in [0.15, 0.2) is 24.0 Å². The third kappa shape index (κ3) is 4.38. The van der Waals surface area contributed by atoms with Crippen LogP contribution >= 0.6 is 0 Å². The minimum atomic E-state index is -1.33. The van der Waals surface area contributed by atoms with Gasteiger partial charge in [0.15, 0.2) is 17.2 Å². The summed E-state index contributed by atoms with van der Waals surface area (Å²) in [6, 6.07) is 0. The number of methoxy groups -OCH3 is 1. The zero-order valence-electron chi connectivity index (χ0n) is 28.7. The number of hydrogen-bond donors (Lipinski definition) is 1. The van der Waals surface area contributed by atoms with Crippen molar-refractivity contribution in [2.45, 2.75) is 112 Å². The van der Waals surface area contributed by atoms with Gasteiger partial charge in [0.1, 0.15) is 6.10 Å². The Hall–Kier alpha value is -3.10. The van der Waals surface area contributed by atoms with E-state index in [0.29, 0.717) is 12.8 Å². The molecular weight excluding hydrogens is 584 g/mol. The van der Waals surface area contributed by atoms with Crippen molar-refractivity contribution in [2.75, 3.05) is 7.11 Å². The van der Waals surface area contributed by atoms with Crippen molar-refractivity contribution < 1.29 is 33.8 Å². The molecule has 9 nitrogen and oxygen atoms in total. The van der Waals surface area contributed by atoms with Crippen LogP contribution in [0.4, 0.5) is 0 Å². The summed E-state index contributed by atoms with van der Waals surface area (Å²) in [7, 11) is 1.47. The Bertz CT molecular complexity index is 1530. The smallest absolute Gasteiger partial charge is 0.359 e. The molecule has 46 heavy (non-hydrogen) atoms. The zero-order valence-corrected chi connectivity index (χ0v) is 28.7. The van der Waals surface area contributed by atoms with Crippen LogP contribution in [0.1, 0.15) is 127 Å². The van der Waals surface area contributed by atoms with E-state index in [0.717, 1.165) is 44.9 Å². The molecule has 0 bridgehead atoms. The number of carbonyl (C=O) groups excluding carboxylic acids is 3. The second kappa shape index (κ2) is 10.4. The van der Waals surface area contributed by atoms with E-state index in [-0.39, 0.29) is 56.9 Å².